The van der Waals surface area contributed by atoms with Gasteiger partial charge in [-0.05, 0) is 66.8 Å². The maximum atomic E-state index is 3.53. The van der Waals surface area contributed by atoms with Crippen molar-refractivity contribution in [3.63, 3.8) is 0 Å². The van der Waals surface area contributed by atoms with Crippen LogP contribution in [-0.4, -0.2) is 13.1 Å². The molecule has 1 aliphatic rings. The molecule has 1 fully saturated rings. The van der Waals surface area contributed by atoms with Crippen LogP contribution < -0.4 is 5.32 Å². The van der Waals surface area contributed by atoms with Crippen molar-refractivity contribution >= 4 is 0 Å². The van der Waals surface area contributed by atoms with Gasteiger partial charge in [0.2, 0.25) is 0 Å². The Morgan fingerprint density at radius 1 is 1.11 bits per heavy atom. The summed E-state index contributed by atoms with van der Waals surface area (Å²) in [5.74, 6) is 0.716. The van der Waals surface area contributed by atoms with Gasteiger partial charge in [-0.1, -0.05) is 32.9 Å². The zero-order valence-electron chi connectivity index (χ0n) is 12.6. The predicted octanol–water partition coefficient (Wildman–Crippen LogP) is 4.07. The first-order valence-electron chi connectivity index (χ1n) is 7.22. The summed E-state index contributed by atoms with van der Waals surface area (Å²) < 4.78 is 0. The minimum atomic E-state index is 0.249. The molecule has 0 saturated carbocycles. The minimum absolute atomic E-state index is 0.249. The lowest BCUT2D eigenvalue weighted by Crippen LogP contribution is -2.29. The molecule has 0 aromatic heterocycles. The Hall–Kier alpha value is -0.820. The van der Waals surface area contributed by atoms with Crippen molar-refractivity contribution in [1.29, 1.82) is 0 Å². The number of nitrogens with one attached hydrogen (secondary N) is 1. The molecule has 0 spiro atoms. The Bertz CT molecular complexity index is 397. The summed E-state index contributed by atoms with van der Waals surface area (Å²) in [7, 11) is 0. The topological polar surface area (TPSA) is 12.0 Å². The van der Waals surface area contributed by atoms with Gasteiger partial charge < -0.3 is 5.32 Å². The SMILES string of the molecule is Cc1cc(C(C)(C)C)cc(C)c1C1CCCNC1. The van der Waals surface area contributed by atoms with E-state index in [1.165, 1.54) is 36.1 Å². The third-order valence-electron chi connectivity index (χ3n) is 4.16. The smallest absolute Gasteiger partial charge is 0.00203 e. The van der Waals surface area contributed by atoms with Crippen molar-refractivity contribution in [2.75, 3.05) is 13.1 Å². The van der Waals surface area contributed by atoms with E-state index in [0.717, 1.165) is 6.54 Å². The van der Waals surface area contributed by atoms with Gasteiger partial charge in [-0.15, -0.1) is 0 Å². The lowest BCUT2D eigenvalue weighted by Gasteiger charge is -2.28. The van der Waals surface area contributed by atoms with E-state index in [-0.39, 0.29) is 5.41 Å². The molecule has 1 saturated heterocycles. The van der Waals surface area contributed by atoms with Crippen LogP contribution in [0.3, 0.4) is 0 Å². The number of hydrogen-bond donors (Lipinski definition) is 1. The van der Waals surface area contributed by atoms with Crippen LogP contribution in [0.25, 0.3) is 0 Å². The normalized spacial score (nSPS) is 21.1. The maximum Gasteiger partial charge on any atom is 0.00203 e. The van der Waals surface area contributed by atoms with Gasteiger partial charge in [0.15, 0.2) is 0 Å². The number of benzene rings is 1. The summed E-state index contributed by atoms with van der Waals surface area (Å²) >= 11 is 0. The molecule has 1 aliphatic heterocycles. The molecule has 1 heteroatoms. The number of piperidine rings is 1. The van der Waals surface area contributed by atoms with E-state index in [1.807, 2.05) is 0 Å². The molecule has 1 unspecified atom stereocenters. The van der Waals surface area contributed by atoms with E-state index in [1.54, 1.807) is 5.56 Å². The molecule has 1 heterocycles. The van der Waals surface area contributed by atoms with Gasteiger partial charge in [0, 0.05) is 6.54 Å². The highest BCUT2D eigenvalue weighted by Crippen LogP contribution is 2.33. The summed E-state index contributed by atoms with van der Waals surface area (Å²) in [4.78, 5) is 0. The Labute approximate surface area is 112 Å². The van der Waals surface area contributed by atoms with Crippen molar-refractivity contribution in [2.45, 2.75) is 58.8 Å². The van der Waals surface area contributed by atoms with Crippen LogP contribution in [0.5, 0.6) is 0 Å². The molecular weight excluding hydrogens is 218 g/mol. The number of rotatable bonds is 1. The van der Waals surface area contributed by atoms with Crippen LogP contribution in [0.1, 0.15) is 61.8 Å². The number of hydrogen-bond acceptors (Lipinski definition) is 1. The monoisotopic (exact) mass is 245 g/mol. The van der Waals surface area contributed by atoms with Crippen LogP contribution in [-0.2, 0) is 5.41 Å². The van der Waals surface area contributed by atoms with Gasteiger partial charge in [0.1, 0.15) is 0 Å². The molecular formula is C17H27N. The second kappa shape index (κ2) is 5.05. The number of aryl methyl sites for hydroxylation is 2. The maximum absolute atomic E-state index is 3.53. The zero-order chi connectivity index (χ0) is 13.3. The second-order valence-corrected chi connectivity index (χ2v) is 6.82. The van der Waals surface area contributed by atoms with Crippen LogP contribution in [0, 0.1) is 13.8 Å². The summed E-state index contributed by atoms with van der Waals surface area (Å²) in [6.07, 6.45) is 2.65. The molecule has 0 bridgehead atoms. The predicted molar refractivity (Wildman–Crippen MR) is 79.5 cm³/mol. The Morgan fingerprint density at radius 2 is 1.72 bits per heavy atom. The average Bonchev–Trinajstić information content (AvgIpc) is 2.28. The van der Waals surface area contributed by atoms with E-state index in [9.17, 15) is 0 Å². The molecule has 0 aliphatic carbocycles. The van der Waals surface area contributed by atoms with Crippen molar-refractivity contribution in [3.8, 4) is 0 Å². The van der Waals surface area contributed by atoms with Gasteiger partial charge in [0.25, 0.3) is 0 Å². The first kappa shape index (κ1) is 13.6. The van der Waals surface area contributed by atoms with E-state index < -0.39 is 0 Å². The summed E-state index contributed by atoms with van der Waals surface area (Å²) in [5, 5.41) is 3.53. The van der Waals surface area contributed by atoms with Crippen molar-refractivity contribution in [2.24, 2.45) is 0 Å². The quantitative estimate of drug-likeness (QED) is 0.786. The first-order valence-corrected chi connectivity index (χ1v) is 7.22. The molecule has 0 amide bonds. The van der Waals surface area contributed by atoms with Gasteiger partial charge in [-0.25, -0.2) is 0 Å². The van der Waals surface area contributed by atoms with Gasteiger partial charge in [0.05, 0.1) is 0 Å². The molecule has 2 rings (SSSR count). The fourth-order valence-corrected chi connectivity index (χ4v) is 3.15. The molecule has 18 heavy (non-hydrogen) atoms. The highest BCUT2D eigenvalue weighted by Gasteiger charge is 2.21. The Kier molecular flexibility index (Phi) is 3.82. The summed E-state index contributed by atoms with van der Waals surface area (Å²) in [6, 6.07) is 4.80. The fraction of sp³-hybridized carbons (Fsp3) is 0.647. The van der Waals surface area contributed by atoms with E-state index in [0.29, 0.717) is 5.92 Å². The van der Waals surface area contributed by atoms with E-state index in [4.69, 9.17) is 0 Å². The third kappa shape index (κ3) is 2.77. The Morgan fingerprint density at radius 3 is 2.17 bits per heavy atom. The molecule has 1 atom stereocenters. The van der Waals surface area contributed by atoms with Crippen LogP contribution in [0.4, 0.5) is 0 Å². The average molecular weight is 245 g/mol. The molecule has 0 radical (unpaired) electrons. The lowest BCUT2D eigenvalue weighted by atomic mass is 9.80. The second-order valence-electron chi connectivity index (χ2n) is 6.82. The van der Waals surface area contributed by atoms with Gasteiger partial charge in [-0.2, -0.15) is 0 Å². The van der Waals surface area contributed by atoms with Crippen molar-refractivity contribution < 1.29 is 0 Å². The summed E-state index contributed by atoms with van der Waals surface area (Å²) in [6.45, 7) is 13.8. The van der Waals surface area contributed by atoms with E-state index >= 15 is 0 Å². The highest BCUT2D eigenvalue weighted by molar-refractivity contribution is 5.42. The largest absolute Gasteiger partial charge is 0.316 e. The molecule has 1 nitrogen and oxygen atoms in total. The highest BCUT2D eigenvalue weighted by atomic mass is 14.9. The Balaban J connectivity index is 2.37. The molecule has 1 N–H and O–H groups in total. The van der Waals surface area contributed by atoms with Crippen LogP contribution >= 0.6 is 0 Å². The zero-order valence-corrected chi connectivity index (χ0v) is 12.6. The molecule has 1 aromatic rings. The fourth-order valence-electron chi connectivity index (χ4n) is 3.15. The van der Waals surface area contributed by atoms with Crippen molar-refractivity contribution in [3.05, 3.63) is 34.4 Å². The summed E-state index contributed by atoms with van der Waals surface area (Å²) in [5.41, 5.74) is 6.27. The molecule has 1 aromatic carbocycles. The van der Waals surface area contributed by atoms with Crippen LogP contribution in [0.2, 0.25) is 0 Å². The van der Waals surface area contributed by atoms with Gasteiger partial charge in [-0.3, -0.25) is 0 Å². The standard InChI is InChI=1S/C17H27N/c1-12-9-15(17(3,4)5)10-13(2)16(12)14-7-6-8-18-11-14/h9-10,14,18H,6-8,11H2,1-5H3. The van der Waals surface area contributed by atoms with Crippen LogP contribution in [0.15, 0.2) is 12.1 Å². The lowest BCUT2D eigenvalue weighted by molar-refractivity contribution is 0.458. The third-order valence-corrected chi connectivity index (χ3v) is 4.16. The van der Waals surface area contributed by atoms with Gasteiger partial charge >= 0.3 is 0 Å². The van der Waals surface area contributed by atoms with E-state index in [2.05, 4.69) is 52.1 Å². The molecule has 100 valence electrons. The van der Waals surface area contributed by atoms with Crippen molar-refractivity contribution in [1.82, 2.24) is 5.32 Å². The minimum Gasteiger partial charge on any atom is -0.316 e. The first-order chi connectivity index (χ1) is 8.39.